The molecule has 0 spiro atoms. The van der Waals surface area contributed by atoms with E-state index in [1.807, 2.05) is 6.92 Å². The van der Waals surface area contributed by atoms with Crippen molar-refractivity contribution in [1.29, 1.82) is 0 Å². The Bertz CT molecular complexity index is 636. The third-order valence-corrected chi connectivity index (χ3v) is 3.92. The highest BCUT2D eigenvalue weighted by atomic mass is 19.4. The van der Waals surface area contributed by atoms with Gasteiger partial charge in [0.2, 0.25) is 0 Å². The normalized spacial score (nSPS) is 20.9. The number of piperidine rings is 1. The first kappa shape index (κ1) is 18.9. The monoisotopic (exact) mass is 360 g/mol. The molecule has 2 unspecified atom stereocenters. The first-order chi connectivity index (χ1) is 11.7. The van der Waals surface area contributed by atoms with E-state index in [2.05, 4.69) is 10.1 Å². The molecular weight excluding hydrogens is 341 g/mol. The summed E-state index contributed by atoms with van der Waals surface area (Å²) in [4.78, 5) is 24.8. The molecule has 138 valence electrons. The molecule has 1 saturated heterocycles. The van der Waals surface area contributed by atoms with Crippen LogP contribution in [0.5, 0.6) is 5.75 Å². The van der Waals surface area contributed by atoms with Gasteiger partial charge in [-0.15, -0.1) is 13.2 Å². The van der Waals surface area contributed by atoms with Crippen LogP contribution >= 0.6 is 0 Å². The minimum absolute atomic E-state index is 0.0291. The number of halogens is 3. The number of carbonyl (C=O) groups is 2. The van der Waals surface area contributed by atoms with Crippen LogP contribution in [0.4, 0.5) is 18.0 Å². The molecule has 2 amide bonds. The molecule has 1 heterocycles. The molecule has 0 radical (unpaired) electrons. The number of benzene rings is 1. The van der Waals surface area contributed by atoms with E-state index in [1.165, 1.54) is 29.2 Å². The van der Waals surface area contributed by atoms with E-state index >= 15 is 0 Å². The van der Waals surface area contributed by atoms with Crippen molar-refractivity contribution in [2.24, 2.45) is 11.8 Å². The summed E-state index contributed by atoms with van der Waals surface area (Å²) in [7, 11) is 0. The SMILES string of the molecule is CC1CC(C(=O)O)CN(C(=O)NCc2ccccc2OC(F)(F)F)C1. The van der Waals surface area contributed by atoms with Crippen LogP contribution in [0.15, 0.2) is 24.3 Å². The predicted octanol–water partition coefficient (Wildman–Crippen LogP) is 2.84. The van der Waals surface area contributed by atoms with Crippen LogP contribution in [-0.4, -0.2) is 41.5 Å². The highest BCUT2D eigenvalue weighted by Gasteiger charge is 2.33. The van der Waals surface area contributed by atoms with Crippen molar-refractivity contribution < 1.29 is 32.6 Å². The number of hydrogen-bond donors (Lipinski definition) is 2. The molecule has 1 aromatic rings. The van der Waals surface area contributed by atoms with E-state index < -0.39 is 24.3 Å². The van der Waals surface area contributed by atoms with Crippen molar-refractivity contribution in [3.8, 4) is 5.75 Å². The number of hydrogen-bond acceptors (Lipinski definition) is 3. The smallest absolute Gasteiger partial charge is 0.481 e. The quantitative estimate of drug-likeness (QED) is 0.865. The van der Waals surface area contributed by atoms with Crippen LogP contribution in [-0.2, 0) is 11.3 Å². The standard InChI is InChI=1S/C16H19F3N2O4/c1-10-6-12(14(22)23)9-21(8-10)15(24)20-7-11-4-2-3-5-13(11)25-16(17,18)19/h2-5,10,12H,6-9H2,1H3,(H,20,24)(H,22,23). The number of likely N-dealkylation sites (tertiary alicyclic amines) is 1. The van der Waals surface area contributed by atoms with Crippen molar-refractivity contribution in [1.82, 2.24) is 10.2 Å². The topological polar surface area (TPSA) is 78.9 Å². The molecule has 2 N–H and O–H groups in total. The maximum absolute atomic E-state index is 12.4. The van der Waals surface area contributed by atoms with Crippen molar-refractivity contribution in [3.63, 3.8) is 0 Å². The second kappa shape index (κ2) is 7.62. The lowest BCUT2D eigenvalue weighted by molar-refractivity contribution is -0.274. The fourth-order valence-corrected chi connectivity index (χ4v) is 2.85. The fourth-order valence-electron chi connectivity index (χ4n) is 2.85. The second-order valence-electron chi connectivity index (χ2n) is 6.10. The van der Waals surface area contributed by atoms with E-state index in [4.69, 9.17) is 5.11 Å². The maximum atomic E-state index is 12.4. The number of alkyl halides is 3. The number of nitrogens with one attached hydrogen (secondary N) is 1. The van der Waals surface area contributed by atoms with Gasteiger partial charge < -0.3 is 20.1 Å². The van der Waals surface area contributed by atoms with Crippen LogP contribution in [0.2, 0.25) is 0 Å². The van der Waals surface area contributed by atoms with Gasteiger partial charge in [0.25, 0.3) is 0 Å². The Hall–Kier alpha value is -2.45. The molecule has 0 aliphatic carbocycles. The lowest BCUT2D eigenvalue weighted by Gasteiger charge is -2.34. The summed E-state index contributed by atoms with van der Waals surface area (Å²) >= 11 is 0. The van der Waals surface area contributed by atoms with Gasteiger partial charge in [-0.3, -0.25) is 4.79 Å². The van der Waals surface area contributed by atoms with Crippen molar-refractivity contribution in [2.45, 2.75) is 26.3 Å². The average Bonchev–Trinajstić information content (AvgIpc) is 2.51. The molecule has 1 aliphatic heterocycles. The molecule has 9 heteroatoms. The lowest BCUT2D eigenvalue weighted by atomic mass is 9.91. The highest BCUT2D eigenvalue weighted by molar-refractivity contribution is 5.76. The molecule has 2 rings (SSSR count). The van der Waals surface area contributed by atoms with Gasteiger partial charge in [-0.25, -0.2) is 4.79 Å². The average molecular weight is 360 g/mol. The first-order valence-electron chi connectivity index (χ1n) is 7.75. The van der Waals surface area contributed by atoms with Gasteiger partial charge in [0.05, 0.1) is 5.92 Å². The van der Waals surface area contributed by atoms with Crippen LogP contribution in [0.25, 0.3) is 0 Å². The van der Waals surface area contributed by atoms with Crippen LogP contribution in [0.1, 0.15) is 18.9 Å². The van der Waals surface area contributed by atoms with Gasteiger partial charge >= 0.3 is 18.4 Å². The zero-order valence-corrected chi connectivity index (χ0v) is 13.5. The molecule has 1 fully saturated rings. The predicted molar refractivity (Wildman–Crippen MR) is 81.8 cm³/mol. The number of urea groups is 1. The van der Waals surface area contributed by atoms with Gasteiger partial charge in [0.1, 0.15) is 5.75 Å². The van der Waals surface area contributed by atoms with E-state index in [9.17, 15) is 22.8 Å². The zero-order valence-electron chi connectivity index (χ0n) is 13.5. The first-order valence-corrected chi connectivity index (χ1v) is 7.75. The molecule has 1 aliphatic rings. The molecular formula is C16H19F3N2O4. The van der Waals surface area contributed by atoms with Gasteiger partial charge in [-0.05, 0) is 18.4 Å². The van der Waals surface area contributed by atoms with E-state index in [0.717, 1.165) is 0 Å². The van der Waals surface area contributed by atoms with Crippen LogP contribution in [0, 0.1) is 11.8 Å². The molecule has 0 bridgehead atoms. The molecule has 0 saturated carbocycles. The Morgan fingerprint density at radius 2 is 2.00 bits per heavy atom. The minimum atomic E-state index is -4.82. The number of carbonyl (C=O) groups excluding carboxylic acids is 1. The highest BCUT2D eigenvalue weighted by Crippen LogP contribution is 2.26. The third kappa shape index (κ3) is 5.54. The lowest BCUT2D eigenvalue weighted by Crippen LogP contribution is -2.49. The molecule has 1 aromatic carbocycles. The fraction of sp³-hybridized carbons (Fsp3) is 0.500. The van der Waals surface area contributed by atoms with Gasteiger partial charge in [0.15, 0.2) is 0 Å². The van der Waals surface area contributed by atoms with E-state index in [1.54, 1.807) is 0 Å². The van der Waals surface area contributed by atoms with Gasteiger partial charge in [-0.1, -0.05) is 25.1 Å². The number of ether oxygens (including phenoxy) is 1. The number of carboxylic acids is 1. The van der Waals surface area contributed by atoms with E-state index in [-0.39, 0.29) is 30.3 Å². The summed E-state index contributed by atoms with van der Waals surface area (Å²) in [6.45, 7) is 2.16. The number of para-hydroxylation sites is 1. The van der Waals surface area contributed by atoms with E-state index in [0.29, 0.717) is 13.0 Å². The van der Waals surface area contributed by atoms with Crippen molar-refractivity contribution >= 4 is 12.0 Å². The van der Waals surface area contributed by atoms with Gasteiger partial charge in [-0.2, -0.15) is 0 Å². The third-order valence-electron chi connectivity index (χ3n) is 3.92. The number of amides is 2. The number of aliphatic carboxylic acids is 1. The Morgan fingerprint density at radius 3 is 2.64 bits per heavy atom. The summed E-state index contributed by atoms with van der Waals surface area (Å²) in [5.74, 6) is -1.96. The largest absolute Gasteiger partial charge is 0.573 e. The summed E-state index contributed by atoms with van der Waals surface area (Å²) in [5, 5.41) is 11.6. The summed E-state index contributed by atoms with van der Waals surface area (Å²) in [5.41, 5.74) is 0.174. The Balaban J connectivity index is 1.99. The maximum Gasteiger partial charge on any atom is 0.573 e. The Labute approximate surface area is 142 Å². The van der Waals surface area contributed by atoms with Gasteiger partial charge in [0, 0.05) is 25.2 Å². The Morgan fingerprint density at radius 1 is 1.32 bits per heavy atom. The van der Waals surface area contributed by atoms with Crippen molar-refractivity contribution in [3.05, 3.63) is 29.8 Å². The van der Waals surface area contributed by atoms with Crippen LogP contribution in [0.3, 0.4) is 0 Å². The molecule has 2 atom stereocenters. The molecule has 0 aromatic heterocycles. The number of carboxylic acid groups (broad SMARTS) is 1. The minimum Gasteiger partial charge on any atom is -0.481 e. The number of nitrogens with zero attached hydrogens (tertiary/aromatic N) is 1. The second-order valence-corrected chi connectivity index (χ2v) is 6.10. The Kier molecular flexibility index (Phi) is 5.76. The van der Waals surface area contributed by atoms with Crippen LogP contribution < -0.4 is 10.1 Å². The summed E-state index contributed by atoms with van der Waals surface area (Å²) in [6, 6.07) is 5.00. The zero-order chi connectivity index (χ0) is 18.6. The number of rotatable bonds is 4. The van der Waals surface area contributed by atoms with Crippen molar-refractivity contribution in [2.75, 3.05) is 13.1 Å². The molecule has 25 heavy (non-hydrogen) atoms. The summed E-state index contributed by atoms with van der Waals surface area (Å²) < 4.78 is 41.1. The molecule has 6 nitrogen and oxygen atoms in total. The summed E-state index contributed by atoms with van der Waals surface area (Å²) in [6.07, 6.45) is -4.33.